The van der Waals surface area contributed by atoms with Gasteiger partial charge in [0, 0.05) is 24.7 Å². The number of aliphatic carboxylic acids is 1. The van der Waals surface area contributed by atoms with Gasteiger partial charge in [0.05, 0.1) is 13.2 Å². The van der Waals surface area contributed by atoms with Gasteiger partial charge in [0.1, 0.15) is 5.01 Å². The fourth-order valence-corrected chi connectivity index (χ4v) is 2.65. The van der Waals surface area contributed by atoms with Crippen LogP contribution in [0.1, 0.15) is 11.9 Å². The Labute approximate surface area is 97.7 Å². The molecule has 0 saturated carbocycles. The Kier molecular flexibility index (Phi) is 3.22. The van der Waals surface area contributed by atoms with Crippen LogP contribution in [0.4, 0.5) is 0 Å². The van der Waals surface area contributed by atoms with E-state index >= 15 is 0 Å². The van der Waals surface area contributed by atoms with Crippen LogP contribution in [0.5, 0.6) is 0 Å². The zero-order valence-electron chi connectivity index (χ0n) is 9.05. The van der Waals surface area contributed by atoms with E-state index in [9.17, 15) is 9.90 Å². The van der Waals surface area contributed by atoms with Gasteiger partial charge >= 0.3 is 5.97 Å². The molecule has 0 aromatic carbocycles. The summed E-state index contributed by atoms with van der Waals surface area (Å²) >= 11 is 1.38. The maximum atomic E-state index is 11.5. The van der Waals surface area contributed by atoms with E-state index in [4.69, 9.17) is 4.74 Å². The van der Waals surface area contributed by atoms with Crippen LogP contribution < -0.4 is 0 Å². The first-order chi connectivity index (χ1) is 7.65. The smallest absolute Gasteiger partial charge is 0.331 e. The van der Waals surface area contributed by atoms with Crippen LogP contribution in [-0.2, 0) is 15.1 Å². The number of morpholine rings is 1. The third-order valence-electron chi connectivity index (χ3n) is 2.91. The molecule has 1 fully saturated rings. The van der Waals surface area contributed by atoms with Gasteiger partial charge in [0.25, 0.3) is 0 Å². The molecule has 1 unspecified atom stereocenters. The highest BCUT2D eigenvalue weighted by atomic mass is 32.1. The molecule has 5 nitrogen and oxygen atoms in total. The van der Waals surface area contributed by atoms with Gasteiger partial charge in [-0.05, 0) is 6.92 Å². The fraction of sp³-hybridized carbons (Fsp3) is 0.600. The minimum Gasteiger partial charge on any atom is -0.480 e. The zero-order valence-corrected chi connectivity index (χ0v) is 9.87. The molecule has 0 amide bonds. The number of thiazole rings is 1. The van der Waals surface area contributed by atoms with Gasteiger partial charge < -0.3 is 9.84 Å². The van der Waals surface area contributed by atoms with Crippen LogP contribution in [0.2, 0.25) is 0 Å². The molecular formula is C10H14N2O3S. The number of nitrogens with zero attached hydrogens (tertiary/aromatic N) is 2. The van der Waals surface area contributed by atoms with E-state index < -0.39 is 11.5 Å². The summed E-state index contributed by atoms with van der Waals surface area (Å²) in [7, 11) is 0. The summed E-state index contributed by atoms with van der Waals surface area (Å²) in [6, 6.07) is 0. The largest absolute Gasteiger partial charge is 0.480 e. The van der Waals surface area contributed by atoms with Crippen molar-refractivity contribution in [1.29, 1.82) is 0 Å². The van der Waals surface area contributed by atoms with Crippen molar-refractivity contribution in [2.24, 2.45) is 0 Å². The number of hydrogen-bond donors (Lipinski definition) is 1. The minimum atomic E-state index is -1.03. The topological polar surface area (TPSA) is 62.7 Å². The monoisotopic (exact) mass is 242 g/mol. The third-order valence-corrected chi connectivity index (χ3v) is 3.89. The Balaban J connectivity index is 2.31. The van der Waals surface area contributed by atoms with Crippen LogP contribution in [0.25, 0.3) is 0 Å². The lowest BCUT2D eigenvalue weighted by molar-refractivity contribution is -0.154. The van der Waals surface area contributed by atoms with E-state index in [1.54, 1.807) is 18.5 Å². The number of carboxylic acids is 1. The average molecular weight is 242 g/mol. The number of hydrogen-bond acceptors (Lipinski definition) is 5. The summed E-state index contributed by atoms with van der Waals surface area (Å²) in [4.78, 5) is 17.6. The summed E-state index contributed by atoms with van der Waals surface area (Å²) in [6.07, 6.45) is 1.64. The predicted octanol–water partition coefficient (Wildman–Crippen LogP) is 0.775. The molecule has 1 saturated heterocycles. The van der Waals surface area contributed by atoms with Crippen molar-refractivity contribution in [3.63, 3.8) is 0 Å². The molecule has 16 heavy (non-hydrogen) atoms. The lowest BCUT2D eigenvalue weighted by Crippen LogP contribution is -2.54. The second-order valence-electron chi connectivity index (χ2n) is 3.81. The molecule has 1 atom stereocenters. The Bertz CT molecular complexity index is 362. The second-order valence-corrected chi connectivity index (χ2v) is 4.71. The molecule has 1 aromatic heterocycles. The SMILES string of the molecule is CC(C(=O)O)(c1nccs1)N1CCOCC1. The maximum Gasteiger partial charge on any atom is 0.331 e. The Morgan fingerprint density at radius 2 is 2.31 bits per heavy atom. The maximum absolute atomic E-state index is 11.5. The van der Waals surface area contributed by atoms with Crippen LogP contribution in [-0.4, -0.2) is 47.3 Å². The van der Waals surface area contributed by atoms with Crippen molar-refractivity contribution in [1.82, 2.24) is 9.88 Å². The fourth-order valence-electron chi connectivity index (χ4n) is 1.84. The normalized spacial score (nSPS) is 21.6. The molecular weight excluding hydrogens is 228 g/mol. The van der Waals surface area contributed by atoms with Gasteiger partial charge in [-0.25, -0.2) is 9.78 Å². The van der Waals surface area contributed by atoms with Crippen molar-refractivity contribution < 1.29 is 14.6 Å². The number of carbonyl (C=O) groups is 1. The van der Waals surface area contributed by atoms with E-state index in [2.05, 4.69) is 4.98 Å². The first kappa shape index (κ1) is 11.5. The van der Waals surface area contributed by atoms with Crippen molar-refractivity contribution in [2.45, 2.75) is 12.5 Å². The van der Waals surface area contributed by atoms with E-state index in [0.29, 0.717) is 31.3 Å². The second kappa shape index (κ2) is 4.48. The number of aromatic nitrogens is 1. The number of carboxylic acid groups (broad SMARTS) is 1. The molecule has 1 aliphatic heterocycles. The van der Waals surface area contributed by atoms with E-state index in [0.717, 1.165) is 0 Å². The highest BCUT2D eigenvalue weighted by molar-refractivity contribution is 7.09. The van der Waals surface area contributed by atoms with Gasteiger partial charge in [0.2, 0.25) is 0 Å². The van der Waals surface area contributed by atoms with E-state index in [1.165, 1.54) is 11.3 Å². The average Bonchev–Trinajstić information content (AvgIpc) is 2.82. The lowest BCUT2D eigenvalue weighted by atomic mass is 10.0. The summed E-state index contributed by atoms with van der Waals surface area (Å²) in [5.41, 5.74) is -1.03. The Morgan fingerprint density at radius 3 is 2.81 bits per heavy atom. The summed E-state index contributed by atoms with van der Waals surface area (Å²) < 4.78 is 5.24. The molecule has 88 valence electrons. The van der Waals surface area contributed by atoms with Crippen LogP contribution in [0, 0.1) is 0 Å². The van der Waals surface area contributed by atoms with Crippen LogP contribution in [0.15, 0.2) is 11.6 Å². The molecule has 0 radical (unpaired) electrons. The molecule has 2 rings (SSSR count). The van der Waals surface area contributed by atoms with E-state index in [-0.39, 0.29) is 0 Å². The summed E-state index contributed by atoms with van der Waals surface area (Å²) in [5.74, 6) is -0.857. The van der Waals surface area contributed by atoms with Gasteiger partial charge in [-0.2, -0.15) is 0 Å². The van der Waals surface area contributed by atoms with Crippen LogP contribution >= 0.6 is 11.3 Å². The van der Waals surface area contributed by atoms with Gasteiger partial charge in [-0.3, -0.25) is 4.90 Å². The van der Waals surface area contributed by atoms with E-state index in [1.807, 2.05) is 4.90 Å². The number of rotatable bonds is 3. The van der Waals surface area contributed by atoms with Gasteiger partial charge in [0.15, 0.2) is 5.54 Å². The highest BCUT2D eigenvalue weighted by Gasteiger charge is 2.44. The zero-order chi connectivity index (χ0) is 11.6. The number of ether oxygens (including phenoxy) is 1. The quantitative estimate of drug-likeness (QED) is 0.848. The minimum absolute atomic E-state index is 0.578. The molecule has 0 aliphatic carbocycles. The molecule has 1 aliphatic rings. The predicted molar refractivity (Wildman–Crippen MR) is 59.5 cm³/mol. The van der Waals surface area contributed by atoms with Crippen LogP contribution in [0.3, 0.4) is 0 Å². The molecule has 1 N–H and O–H groups in total. The summed E-state index contributed by atoms with van der Waals surface area (Å²) in [5, 5.41) is 11.9. The standard InChI is InChI=1S/C10H14N2O3S/c1-10(9(13)14,8-11-2-7-16-8)12-3-5-15-6-4-12/h2,7H,3-6H2,1H3,(H,13,14). The first-order valence-corrected chi connectivity index (χ1v) is 6.00. The van der Waals surface area contributed by atoms with Crippen molar-refractivity contribution in [3.05, 3.63) is 16.6 Å². The molecule has 6 heteroatoms. The lowest BCUT2D eigenvalue weighted by Gasteiger charge is -2.38. The molecule has 2 heterocycles. The molecule has 0 bridgehead atoms. The van der Waals surface area contributed by atoms with Gasteiger partial charge in [-0.1, -0.05) is 0 Å². The van der Waals surface area contributed by atoms with Crippen molar-refractivity contribution >= 4 is 17.3 Å². The van der Waals surface area contributed by atoms with Crippen molar-refractivity contribution in [2.75, 3.05) is 26.3 Å². The van der Waals surface area contributed by atoms with Crippen molar-refractivity contribution in [3.8, 4) is 0 Å². The Morgan fingerprint density at radius 1 is 1.62 bits per heavy atom. The Hall–Kier alpha value is -0.980. The molecule has 1 aromatic rings. The highest BCUT2D eigenvalue weighted by Crippen LogP contribution is 2.30. The van der Waals surface area contributed by atoms with Gasteiger partial charge in [-0.15, -0.1) is 11.3 Å². The molecule has 0 spiro atoms. The first-order valence-electron chi connectivity index (χ1n) is 5.12. The third kappa shape index (κ3) is 1.83. The summed E-state index contributed by atoms with van der Waals surface area (Å²) in [6.45, 7) is 4.12.